The minimum absolute atomic E-state index is 0.110. The van der Waals surface area contributed by atoms with Gasteiger partial charge in [0.2, 0.25) is 0 Å². The van der Waals surface area contributed by atoms with Crippen molar-refractivity contribution in [3.8, 4) is 11.9 Å². The van der Waals surface area contributed by atoms with E-state index in [1.165, 1.54) is 12.4 Å². The summed E-state index contributed by atoms with van der Waals surface area (Å²) in [6, 6.07) is 1.90. The van der Waals surface area contributed by atoms with Gasteiger partial charge in [-0.15, -0.1) is 0 Å². The molecule has 0 aromatic carbocycles. The normalized spacial score (nSPS) is 21.9. The molecule has 2 heterocycles. The van der Waals surface area contributed by atoms with Crippen LogP contribution in [0.3, 0.4) is 0 Å². The number of hydrogen-bond acceptors (Lipinski definition) is 5. The first-order chi connectivity index (χ1) is 9.69. The highest BCUT2D eigenvalue weighted by atomic mass is 16.4. The molecule has 0 unspecified atom stereocenters. The molecule has 2 aliphatic rings. The van der Waals surface area contributed by atoms with Crippen LogP contribution in [0, 0.1) is 17.2 Å². The second-order valence-electron chi connectivity index (χ2n) is 5.11. The van der Waals surface area contributed by atoms with Crippen LogP contribution in [-0.4, -0.2) is 30.8 Å². The lowest BCUT2D eigenvalue weighted by molar-refractivity contribution is 0.0688. The van der Waals surface area contributed by atoms with Gasteiger partial charge in [-0.2, -0.15) is 10.4 Å². The number of rotatable bonds is 2. The van der Waals surface area contributed by atoms with Crippen LogP contribution in [0.2, 0.25) is 0 Å². The van der Waals surface area contributed by atoms with Crippen LogP contribution >= 0.6 is 0 Å². The number of aromatic carboxylic acids is 1. The summed E-state index contributed by atoms with van der Waals surface area (Å²) in [7, 11) is 0. The molecule has 2 atom stereocenters. The zero-order chi connectivity index (χ0) is 13.9. The third kappa shape index (κ3) is 1.39. The maximum Gasteiger partial charge on any atom is 0.356 e. The SMILES string of the molecule is N#Cc1cnc(-n2nc(C(=O)O)c3c2[C@@H]2C[C@@H]2C3)cn1. The number of carbonyl (C=O) groups is 1. The molecule has 7 heteroatoms. The number of carboxylic acid groups (broad SMARTS) is 1. The third-order valence-electron chi connectivity index (χ3n) is 3.94. The molecule has 0 amide bonds. The molecule has 0 bridgehead atoms. The summed E-state index contributed by atoms with van der Waals surface area (Å²) in [6.45, 7) is 0. The fraction of sp³-hybridized carbons (Fsp3) is 0.308. The van der Waals surface area contributed by atoms with Gasteiger partial charge in [-0.05, 0) is 18.8 Å². The second kappa shape index (κ2) is 3.63. The lowest BCUT2D eigenvalue weighted by atomic mass is 10.1. The Morgan fingerprint density at radius 3 is 2.95 bits per heavy atom. The molecule has 0 saturated heterocycles. The van der Waals surface area contributed by atoms with Gasteiger partial charge in [0.1, 0.15) is 6.07 Å². The topological polar surface area (TPSA) is 105 Å². The summed E-state index contributed by atoms with van der Waals surface area (Å²) in [5.41, 5.74) is 2.11. The molecule has 0 radical (unpaired) electrons. The van der Waals surface area contributed by atoms with Crippen LogP contribution in [0.5, 0.6) is 0 Å². The van der Waals surface area contributed by atoms with Crippen molar-refractivity contribution in [3.63, 3.8) is 0 Å². The smallest absolute Gasteiger partial charge is 0.356 e. The molecular formula is C13H9N5O2. The summed E-state index contributed by atoms with van der Waals surface area (Å²) in [5, 5.41) is 22.1. The molecule has 1 N–H and O–H groups in total. The predicted octanol–water partition coefficient (Wildman–Crippen LogP) is 0.892. The summed E-state index contributed by atoms with van der Waals surface area (Å²) in [4.78, 5) is 19.4. The van der Waals surface area contributed by atoms with Gasteiger partial charge in [-0.3, -0.25) is 0 Å². The fourth-order valence-electron chi connectivity index (χ4n) is 2.95. The molecular weight excluding hydrogens is 258 g/mol. The van der Waals surface area contributed by atoms with E-state index >= 15 is 0 Å². The predicted molar refractivity (Wildman–Crippen MR) is 65.4 cm³/mol. The molecule has 2 aliphatic carbocycles. The first kappa shape index (κ1) is 11.1. The molecule has 7 nitrogen and oxygen atoms in total. The van der Waals surface area contributed by atoms with Gasteiger partial charge in [0.15, 0.2) is 17.2 Å². The highest BCUT2D eigenvalue weighted by Crippen LogP contribution is 2.57. The van der Waals surface area contributed by atoms with Gasteiger partial charge < -0.3 is 5.11 Å². The Balaban J connectivity index is 1.88. The van der Waals surface area contributed by atoms with E-state index in [2.05, 4.69) is 15.1 Å². The summed E-state index contributed by atoms with van der Waals surface area (Å²) < 4.78 is 1.57. The second-order valence-corrected chi connectivity index (χ2v) is 5.11. The van der Waals surface area contributed by atoms with Crippen LogP contribution in [0.1, 0.15) is 39.8 Å². The van der Waals surface area contributed by atoms with E-state index in [1.54, 1.807) is 4.68 Å². The van der Waals surface area contributed by atoms with Crippen molar-refractivity contribution in [2.24, 2.45) is 5.92 Å². The first-order valence-electron chi connectivity index (χ1n) is 6.26. The average Bonchev–Trinajstić information content (AvgIpc) is 2.95. The average molecular weight is 267 g/mol. The largest absolute Gasteiger partial charge is 0.476 e. The third-order valence-corrected chi connectivity index (χ3v) is 3.94. The minimum atomic E-state index is -1.01. The molecule has 1 saturated carbocycles. The Bertz CT molecular complexity index is 771. The molecule has 1 fully saturated rings. The Morgan fingerprint density at radius 2 is 2.30 bits per heavy atom. The van der Waals surface area contributed by atoms with E-state index in [1.807, 2.05) is 6.07 Å². The van der Waals surface area contributed by atoms with Gasteiger partial charge in [0.05, 0.1) is 18.1 Å². The minimum Gasteiger partial charge on any atom is -0.476 e. The highest BCUT2D eigenvalue weighted by Gasteiger charge is 2.50. The molecule has 4 rings (SSSR count). The molecule has 98 valence electrons. The standard InChI is InChI=1S/C13H9N5O2/c14-3-7-4-16-10(5-15-7)18-12-8-1-6(8)2-9(12)11(17-18)13(19)20/h4-6,8H,1-2H2,(H,19,20)/t6-,8-/m1/s1. The van der Waals surface area contributed by atoms with Crippen LogP contribution < -0.4 is 0 Å². The van der Waals surface area contributed by atoms with Crippen molar-refractivity contribution in [3.05, 3.63) is 35.0 Å². The Labute approximate surface area is 113 Å². The zero-order valence-corrected chi connectivity index (χ0v) is 10.3. The summed E-state index contributed by atoms with van der Waals surface area (Å²) >= 11 is 0. The maximum atomic E-state index is 11.3. The van der Waals surface area contributed by atoms with Gasteiger partial charge >= 0.3 is 5.97 Å². The van der Waals surface area contributed by atoms with Crippen LogP contribution in [0.4, 0.5) is 0 Å². The Morgan fingerprint density at radius 1 is 1.45 bits per heavy atom. The van der Waals surface area contributed by atoms with Crippen LogP contribution in [-0.2, 0) is 6.42 Å². The lowest BCUT2D eigenvalue weighted by Crippen LogP contribution is -2.06. The lowest BCUT2D eigenvalue weighted by Gasteiger charge is -2.04. The van der Waals surface area contributed by atoms with E-state index in [0.717, 1.165) is 24.1 Å². The number of nitrogens with zero attached hydrogens (tertiary/aromatic N) is 5. The van der Waals surface area contributed by atoms with Crippen molar-refractivity contribution < 1.29 is 9.90 Å². The van der Waals surface area contributed by atoms with Gasteiger partial charge in [-0.25, -0.2) is 19.4 Å². The van der Waals surface area contributed by atoms with E-state index in [-0.39, 0.29) is 11.4 Å². The monoisotopic (exact) mass is 267 g/mol. The van der Waals surface area contributed by atoms with Crippen LogP contribution in [0.25, 0.3) is 5.82 Å². The van der Waals surface area contributed by atoms with E-state index in [4.69, 9.17) is 5.26 Å². The number of aromatic nitrogens is 4. The van der Waals surface area contributed by atoms with E-state index in [0.29, 0.717) is 17.7 Å². The molecule has 0 aliphatic heterocycles. The number of fused-ring (bicyclic) bond motifs is 3. The quantitative estimate of drug-likeness (QED) is 0.866. The number of carboxylic acids is 1. The molecule has 2 aromatic rings. The van der Waals surface area contributed by atoms with Crippen molar-refractivity contribution in [2.45, 2.75) is 18.8 Å². The van der Waals surface area contributed by atoms with Crippen molar-refractivity contribution in [1.29, 1.82) is 5.26 Å². The van der Waals surface area contributed by atoms with Gasteiger partial charge in [0, 0.05) is 11.5 Å². The van der Waals surface area contributed by atoms with Crippen molar-refractivity contribution in [2.75, 3.05) is 0 Å². The summed E-state index contributed by atoms with van der Waals surface area (Å²) in [5.74, 6) is 0.393. The fourth-order valence-corrected chi connectivity index (χ4v) is 2.95. The zero-order valence-electron chi connectivity index (χ0n) is 10.3. The number of hydrogen-bond donors (Lipinski definition) is 1. The Hall–Kier alpha value is -2.75. The molecule has 20 heavy (non-hydrogen) atoms. The number of nitriles is 1. The summed E-state index contributed by atoms with van der Waals surface area (Å²) in [6.07, 6.45) is 4.68. The first-order valence-corrected chi connectivity index (χ1v) is 6.26. The van der Waals surface area contributed by atoms with Crippen molar-refractivity contribution in [1.82, 2.24) is 19.7 Å². The van der Waals surface area contributed by atoms with Crippen LogP contribution in [0.15, 0.2) is 12.4 Å². The maximum absolute atomic E-state index is 11.3. The molecule has 2 aromatic heterocycles. The van der Waals surface area contributed by atoms with Gasteiger partial charge in [0.25, 0.3) is 0 Å². The molecule has 0 spiro atoms. The Kier molecular flexibility index (Phi) is 2.02. The van der Waals surface area contributed by atoms with E-state index < -0.39 is 5.97 Å². The van der Waals surface area contributed by atoms with Gasteiger partial charge in [-0.1, -0.05) is 0 Å². The van der Waals surface area contributed by atoms with Crippen molar-refractivity contribution >= 4 is 5.97 Å². The van der Waals surface area contributed by atoms with E-state index in [9.17, 15) is 9.90 Å². The highest BCUT2D eigenvalue weighted by molar-refractivity contribution is 5.88.